The van der Waals surface area contributed by atoms with Crippen LogP contribution in [0.15, 0.2) is 0 Å². The van der Waals surface area contributed by atoms with Crippen molar-refractivity contribution in [3.8, 4) is 0 Å². The maximum Gasteiger partial charge on any atom is 0.317 e. The van der Waals surface area contributed by atoms with Gasteiger partial charge in [0.2, 0.25) is 0 Å². The minimum Gasteiger partial charge on any atom is -0.481 e. The molecule has 0 aliphatic rings. The molecule has 0 radical (unpaired) electrons. The molecule has 0 fully saturated rings. The van der Waals surface area contributed by atoms with Crippen LogP contribution in [0.3, 0.4) is 0 Å². The molecule has 0 aromatic heterocycles. The molecule has 2 amide bonds. The van der Waals surface area contributed by atoms with Crippen molar-refractivity contribution in [2.24, 2.45) is 0 Å². The van der Waals surface area contributed by atoms with Gasteiger partial charge in [-0.2, -0.15) is 0 Å². The number of rotatable bonds is 8. The lowest BCUT2D eigenvalue weighted by Crippen LogP contribution is -2.49. The highest BCUT2D eigenvalue weighted by Crippen LogP contribution is 2.11. The largest absolute Gasteiger partial charge is 0.481 e. The third kappa shape index (κ3) is 8.34. The SMILES string of the molecule is COC(=O)CCCN(C)C(=O)NC(C)(C)CCC(=O)O. The van der Waals surface area contributed by atoms with Gasteiger partial charge in [-0.25, -0.2) is 4.79 Å². The lowest BCUT2D eigenvalue weighted by atomic mass is 9.99. The van der Waals surface area contributed by atoms with Gasteiger partial charge in [-0.15, -0.1) is 0 Å². The van der Waals surface area contributed by atoms with Gasteiger partial charge >= 0.3 is 18.0 Å². The number of amides is 2. The standard InChI is InChI=1S/C13H24N2O5/c1-13(2,8-7-10(16)17)14-12(19)15(3)9-5-6-11(18)20-4/h5-9H2,1-4H3,(H,14,19)(H,16,17). The van der Waals surface area contributed by atoms with E-state index in [-0.39, 0.29) is 24.8 Å². The Balaban J connectivity index is 4.11. The van der Waals surface area contributed by atoms with Crippen molar-refractivity contribution in [2.75, 3.05) is 20.7 Å². The fourth-order valence-corrected chi connectivity index (χ4v) is 1.53. The lowest BCUT2D eigenvalue weighted by Gasteiger charge is -2.29. The zero-order chi connectivity index (χ0) is 15.8. The molecular formula is C13H24N2O5. The minimum absolute atomic E-state index is 0.000660. The molecule has 0 spiro atoms. The van der Waals surface area contributed by atoms with Crippen LogP contribution in [0.25, 0.3) is 0 Å². The molecule has 7 nitrogen and oxygen atoms in total. The van der Waals surface area contributed by atoms with E-state index < -0.39 is 11.5 Å². The summed E-state index contributed by atoms with van der Waals surface area (Å²) in [5.74, 6) is -1.20. The van der Waals surface area contributed by atoms with Crippen LogP contribution in [0.5, 0.6) is 0 Å². The normalized spacial score (nSPS) is 10.8. The van der Waals surface area contributed by atoms with Gasteiger partial charge in [0.15, 0.2) is 0 Å². The Morgan fingerprint density at radius 3 is 2.35 bits per heavy atom. The van der Waals surface area contributed by atoms with Gasteiger partial charge in [0.1, 0.15) is 0 Å². The van der Waals surface area contributed by atoms with Crippen molar-refractivity contribution in [3.63, 3.8) is 0 Å². The second kappa shape index (κ2) is 8.39. The van der Waals surface area contributed by atoms with Crippen LogP contribution in [0.2, 0.25) is 0 Å². The monoisotopic (exact) mass is 288 g/mol. The molecule has 116 valence electrons. The molecule has 0 aromatic rings. The maximum atomic E-state index is 11.9. The Morgan fingerprint density at radius 2 is 1.85 bits per heavy atom. The number of carbonyl (C=O) groups excluding carboxylic acids is 2. The van der Waals surface area contributed by atoms with Crippen LogP contribution in [-0.4, -0.2) is 54.2 Å². The van der Waals surface area contributed by atoms with Crippen molar-refractivity contribution in [3.05, 3.63) is 0 Å². The summed E-state index contributed by atoms with van der Waals surface area (Å²) in [5.41, 5.74) is -0.591. The highest BCUT2D eigenvalue weighted by atomic mass is 16.5. The summed E-state index contributed by atoms with van der Waals surface area (Å²) in [5, 5.41) is 11.4. The number of methoxy groups -OCH3 is 1. The molecule has 2 N–H and O–H groups in total. The molecule has 0 saturated carbocycles. The van der Waals surface area contributed by atoms with Crippen LogP contribution in [-0.2, 0) is 14.3 Å². The smallest absolute Gasteiger partial charge is 0.317 e. The summed E-state index contributed by atoms with van der Waals surface area (Å²) >= 11 is 0. The molecule has 20 heavy (non-hydrogen) atoms. The Hall–Kier alpha value is -1.79. The Bertz CT molecular complexity index is 355. The third-order valence-corrected chi connectivity index (χ3v) is 2.86. The van der Waals surface area contributed by atoms with E-state index in [2.05, 4.69) is 10.1 Å². The topological polar surface area (TPSA) is 95.9 Å². The summed E-state index contributed by atoms with van der Waals surface area (Å²) in [4.78, 5) is 34.8. The quantitative estimate of drug-likeness (QED) is 0.655. The van der Waals surface area contributed by atoms with Crippen molar-refractivity contribution >= 4 is 18.0 Å². The van der Waals surface area contributed by atoms with Gasteiger partial charge < -0.3 is 20.1 Å². The van der Waals surface area contributed by atoms with Gasteiger partial charge in [0.05, 0.1) is 7.11 Å². The Kier molecular flexibility index (Phi) is 7.64. The average molecular weight is 288 g/mol. The fourth-order valence-electron chi connectivity index (χ4n) is 1.53. The van der Waals surface area contributed by atoms with Gasteiger partial charge in [-0.3, -0.25) is 9.59 Å². The molecule has 0 bridgehead atoms. The van der Waals surface area contributed by atoms with E-state index in [9.17, 15) is 14.4 Å². The van der Waals surface area contributed by atoms with E-state index in [4.69, 9.17) is 5.11 Å². The van der Waals surface area contributed by atoms with E-state index in [0.29, 0.717) is 19.4 Å². The lowest BCUT2D eigenvalue weighted by molar-refractivity contribution is -0.141. The number of hydrogen-bond donors (Lipinski definition) is 2. The van der Waals surface area contributed by atoms with Gasteiger partial charge in [0, 0.05) is 32.0 Å². The molecule has 0 rings (SSSR count). The number of nitrogens with one attached hydrogen (secondary N) is 1. The van der Waals surface area contributed by atoms with E-state index in [0.717, 1.165) is 0 Å². The number of aliphatic carboxylic acids is 1. The van der Waals surface area contributed by atoms with Crippen LogP contribution < -0.4 is 5.32 Å². The first kappa shape index (κ1) is 18.2. The van der Waals surface area contributed by atoms with E-state index in [1.165, 1.54) is 12.0 Å². The Morgan fingerprint density at radius 1 is 1.25 bits per heavy atom. The van der Waals surface area contributed by atoms with E-state index in [1.54, 1.807) is 20.9 Å². The predicted octanol–water partition coefficient (Wildman–Crippen LogP) is 1.22. The number of urea groups is 1. The van der Waals surface area contributed by atoms with Crippen molar-refractivity contribution < 1.29 is 24.2 Å². The van der Waals surface area contributed by atoms with Crippen LogP contribution >= 0.6 is 0 Å². The third-order valence-electron chi connectivity index (χ3n) is 2.86. The minimum atomic E-state index is -0.890. The summed E-state index contributed by atoms with van der Waals surface area (Å²) in [6.07, 6.45) is 1.13. The molecule has 7 heteroatoms. The van der Waals surface area contributed by atoms with Crippen molar-refractivity contribution in [2.45, 2.75) is 45.1 Å². The summed E-state index contributed by atoms with van der Waals surface area (Å²) in [6, 6.07) is -0.287. The van der Waals surface area contributed by atoms with E-state index >= 15 is 0 Å². The van der Waals surface area contributed by atoms with E-state index in [1.807, 2.05) is 0 Å². The second-order valence-corrected chi connectivity index (χ2v) is 5.31. The van der Waals surface area contributed by atoms with Crippen LogP contribution in [0.4, 0.5) is 4.79 Å². The first-order chi connectivity index (χ1) is 9.18. The first-order valence-corrected chi connectivity index (χ1v) is 6.50. The molecule has 0 aliphatic carbocycles. The number of ether oxygens (including phenoxy) is 1. The zero-order valence-corrected chi connectivity index (χ0v) is 12.6. The van der Waals surface area contributed by atoms with Gasteiger partial charge in [0.25, 0.3) is 0 Å². The van der Waals surface area contributed by atoms with Gasteiger partial charge in [-0.1, -0.05) is 0 Å². The summed E-state index contributed by atoms with van der Waals surface area (Å²) in [6.45, 7) is 3.97. The number of carboxylic acid groups (broad SMARTS) is 1. The highest BCUT2D eigenvalue weighted by molar-refractivity contribution is 5.75. The molecule has 0 atom stereocenters. The maximum absolute atomic E-state index is 11.9. The number of carboxylic acids is 1. The number of carbonyl (C=O) groups is 3. The molecular weight excluding hydrogens is 264 g/mol. The fraction of sp³-hybridized carbons (Fsp3) is 0.769. The summed E-state index contributed by atoms with van der Waals surface area (Å²) < 4.78 is 4.51. The first-order valence-electron chi connectivity index (χ1n) is 6.50. The number of nitrogens with zero attached hydrogens (tertiary/aromatic N) is 1. The van der Waals surface area contributed by atoms with Crippen LogP contribution in [0.1, 0.15) is 39.5 Å². The predicted molar refractivity (Wildman–Crippen MR) is 73.4 cm³/mol. The number of esters is 1. The summed E-state index contributed by atoms with van der Waals surface area (Å²) in [7, 11) is 2.95. The molecule has 0 aliphatic heterocycles. The van der Waals surface area contributed by atoms with Crippen molar-refractivity contribution in [1.29, 1.82) is 0 Å². The second-order valence-electron chi connectivity index (χ2n) is 5.31. The van der Waals surface area contributed by atoms with Gasteiger partial charge in [-0.05, 0) is 26.7 Å². The Labute approximate surface area is 119 Å². The van der Waals surface area contributed by atoms with Crippen molar-refractivity contribution in [1.82, 2.24) is 10.2 Å². The highest BCUT2D eigenvalue weighted by Gasteiger charge is 2.23. The molecule has 0 saturated heterocycles. The zero-order valence-electron chi connectivity index (χ0n) is 12.6. The molecule has 0 aromatic carbocycles. The molecule has 0 heterocycles. The number of hydrogen-bond acceptors (Lipinski definition) is 4. The van der Waals surface area contributed by atoms with Crippen LogP contribution in [0, 0.1) is 0 Å². The molecule has 0 unspecified atom stereocenters. The average Bonchev–Trinajstić information content (AvgIpc) is 2.35.